The SMILES string of the molecule is Cc1cc(C(=O)Nc2c(F)cc(F)cc2F)ccc1F. The summed E-state index contributed by atoms with van der Waals surface area (Å²) in [6.07, 6.45) is 0. The molecule has 2 aromatic rings. The minimum atomic E-state index is -1.23. The zero-order valence-corrected chi connectivity index (χ0v) is 10.3. The monoisotopic (exact) mass is 283 g/mol. The molecule has 1 N–H and O–H groups in total. The number of amides is 1. The zero-order valence-electron chi connectivity index (χ0n) is 10.3. The Morgan fingerprint density at radius 1 is 0.950 bits per heavy atom. The molecular formula is C14H9F4NO. The molecule has 2 aromatic carbocycles. The number of anilines is 1. The van der Waals surface area contributed by atoms with Crippen LogP contribution in [0.4, 0.5) is 23.2 Å². The average Bonchev–Trinajstić information content (AvgIpc) is 2.36. The molecule has 1 amide bonds. The number of halogens is 4. The van der Waals surface area contributed by atoms with Crippen LogP contribution in [0.25, 0.3) is 0 Å². The molecule has 6 heteroatoms. The maximum absolute atomic E-state index is 13.4. The van der Waals surface area contributed by atoms with Crippen LogP contribution in [0.5, 0.6) is 0 Å². The number of carbonyl (C=O) groups excluding carboxylic acids is 1. The van der Waals surface area contributed by atoms with Crippen molar-refractivity contribution in [2.45, 2.75) is 6.92 Å². The van der Waals surface area contributed by atoms with Crippen LogP contribution in [0, 0.1) is 30.2 Å². The maximum atomic E-state index is 13.4. The highest BCUT2D eigenvalue weighted by Gasteiger charge is 2.15. The predicted octanol–water partition coefficient (Wildman–Crippen LogP) is 3.80. The van der Waals surface area contributed by atoms with E-state index in [0.717, 1.165) is 6.07 Å². The summed E-state index contributed by atoms with van der Waals surface area (Å²) < 4.78 is 52.6. The summed E-state index contributed by atoms with van der Waals surface area (Å²) in [5, 5.41) is 1.99. The van der Waals surface area contributed by atoms with E-state index in [-0.39, 0.29) is 11.1 Å². The van der Waals surface area contributed by atoms with Crippen LogP contribution in [0.3, 0.4) is 0 Å². The minimum Gasteiger partial charge on any atom is -0.317 e. The highest BCUT2D eigenvalue weighted by atomic mass is 19.1. The molecule has 0 aromatic heterocycles. The lowest BCUT2D eigenvalue weighted by molar-refractivity contribution is 0.102. The first-order chi connectivity index (χ1) is 9.38. The summed E-state index contributed by atoms with van der Waals surface area (Å²) in [7, 11) is 0. The van der Waals surface area contributed by atoms with Crippen LogP contribution in [0.2, 0.25) is 0 Å². The summed E-state index contributed by atoms with van der Waals surface area (Å²) in [5.41, 5.74) is -0.497. The largest absolute Gasteiger partial charge is 0.317 e. The van der Waals surface area contributed by atoms with Crippen LogP contribution in [-0.2, 0) is 0 Å². The van der Waals surface area contributed by atoms with Crippen LogP contribution in [0.1, 0.15) is 15.9 Å². The molecule has 0 saturated carbocycles. The molecule has 0 aliphatic heterocycles. The maximum Gasteiger partial charge on any atom is 0.255 e. The fraction of sp³-hybridized carbons (Fsp3) is 0.0714. The first-order valence-electron chi connectivity index (χ1n) is 5.60. The Morgan fingerprint density at radius 3 is 2.10 bits per heavy atom. The second-order valence-corrected chi connectivity index (χ2v) is 4.16. The van der Waals surface area contributed by atoms with Crippen molar-refractivity contribution in [1.29, 1.82) is 0 Å². The van der Waals surface area contributed by atoms with Gasteiger partial charge in [0.15, 0.2) is 11.6 Å². The standard InChI is InChI=1S/C14H9F4NO/c1-7-4-8(2-3-10(7)16)14(20)19-13-11(17)5-9(15)6-12(13)18/h2-6H,1H3,(H,19,20). The Balaban J connectivity index is 2.30. The van der Waals surface area contributed by atoms with E-state index in [1.165, 1.54) is 19.1 Å². The minimum absolute atomic E-state index is 0.0343. The Hall–Kier alpha value is -2.37. The molecular weight excluding hydrogens is 274 g/mol. The molecule has 20 heavy (non-hydrogen) atoms. The van der Waals surface area contributed by atoms with Gasteiger partial charge in [0, 0.05) is 17.7 Å². The van der Waals surface area contributed by atoms with Crippen molar-refractivity contribution >= 4 is 11.6 Å². The first kappa shape index (κ1) is 14.0. The topological polar surface area (TPSA) is 29.1 Å². The molecule has 104 valence electrons. The van der Waals surface area contributed by atoms with Gasteiger partial charge in [0.05, 0.1) is 0 Å². The van der Waals surface area contributed by atoms with E-state index < -0.39 is 34.9 Å². The number of hydrogen-bond acceptors (Lipinski definition) is 1. The van der Waals surface area contributed by atoms with Crippen LogP contribution >= 0.6 is 0 Å². The molecule has 0 fully saturated rings. The van der Waals surface area contributed by atoms with E-state index >= 15 is 0 Å². The van der Waals surface area contributed by atoms with Crippen molar-refractivity contribution in [1.82, 2.24) is 0 Å². The number of benzene rings is 2. The summed E-state index contributed by atoms with van der Waals surface area (Å²) in [5.74, 6) is -4.86. The molecule has 0 bridgehead atoms. The number of aryl methyl sites for hydroxylation is 1. The fourth-order valence-corrected chi connectivity index (χ4v) is 1.63. The van der Waals surface area contributed by atoms with Gasteiger partial charge in [-0.1, -0.05) is 0 Å². The van der Waals surface area contributed by atoms with Crippen molar-refractivity contribution in [3.8, 4) is 0 Å². The lowest BCUT2D eigenvalue weighted by Gasteiger charge is -2.08. The van der Waals surface area contributed by atoms with Crippen molar-refractivity contribution in [3.63, 3.8) is 0 Å². The van der Waals surface area contributed by atoms with E-state index in [9.17, 15) is 22.4 Å². The van der Waals surface area contributed by atoms with Crippen LogP contribution in [-0.4, -0.2) is 5.91 Å². The van der Waals surface area contributed by atoms with Crippen molar-refractivity contribution in [2.24, 2.45) is 0 Å². The number of nitrogens with one attached hydrogen (secondary N) is 1. The van der Waals surface area contributed by atoms with Crippen molar-refractivity contribution in [3.05, 3.63) is 64.7 Å². The Bertz CT molecular complexity index is 662. The van der Waals surface area contributed by atoms with E-state index in [0.29, 0.717) is 12.1 Å². The number of hydrogen-bond donors (Lipinski definition) is 1. The Morgan fingerprint density at radius 2 is 1.55 bits per heavy atom. The number of rotatable bonds is 2. The van der Waals surface area contributed by atoms with Crippen molar-refractivity contribution in [2.75, 3.05) is 5.32 Å². The zero-order chi connectivity index (χ0) is 14.9. The van der Waals surface area contributed by atoms with Gasteiger partial charge in [-0.2, -0.15) is 0 Å². The molecule has 2 rings (SSSR count). The highest BCUT2D eigenvalue weighted by Crippen LogP contribution is 2.21. The third-order valence-corrected chi connectivity index (χ3v) is 2.67. The van der Waals surface area contributed by atoms with Gasteiger partial charge < -0.3 is 5.32 Å². The van der Waals surface area contributed by atoms with Gasteiger partial charge in [0.1, 0.15) is 17.3 Å². The van der Waals surface area contributed by atoms with Gasteiger partial charge in [0.25, 0.3) is 5.91 Å². The first-order valence-corrected chi connectivity index (χ1v) is 5.60. The van der Waals surface area contributed by atoms with Crippen molar-refractivity contribution < 1.29 is 22.4 Å². The molecule has 0 radical (unpaired) electrons. The summed E-state index contributed by atoms with van der Waals surface area (Å²) in [4.78, 5) is 11.8. The molecule has 0 atom stereocenters. The van der Waals surface area contributed by atoms with E-state index in [1.807, 2.05) is 5.32 Å². The smallest absolute Gasteiger partial charge is 0.255 e. The van der Waals surface area contributed by atoms with E-state index in [2.05, 4.69) is 0 Å². The Labute approximate surface area is 112 Å². The van der Waals surface area contributed by atoms with Crippen LogP contribution < -0.4 is 5.32 Å². The number of carbonyl (C=O) groups is 1. The van der Waals surface area contributed by atoms with Crippen LogP contribution in [0.15, 0.2) is 30.3 Å². The van der Waals surface area contributed by atoms with Gasteiger partial charge >= 0.3 is 0 Å². The molecule has 0 aliphatic rings. The second kappa shape index (κ2) is 5.32. The third kappa shape index (κ3) is 2.79. The molecule has 0 heterocycles. The average molecular weight is 283 g/mol. The quantitative estimate of drug-likeness (QED) is 0.834. The molecule has 0 saturated heterocycles. The van der Waals surface area contributed by atoms with E-state index in [4.69, 9.17) is 0 Å². The van der Waals surface area contributed by atoms with Gasteiger partial charge in [-0.05, 0) is 30.7 Å². The normalized spacial score (nSPS) is 10.4. The van der Waals surface area contributed by atoms with Gasteiger partial charge in [-0.3, -0.25) is 4.79 Å². The van der Waals surface area contributed by atoms with Gasteiger partial charge in [0.2, 0.25) is 0 Å². The van der Waals surface area contributed by atoms with Gasteiger partial charge in [-0.15, -0.1) is 0 Å². The molecule has 2 nitrogen and oxygen atoms in total. The fourth-order valence-electron chi connectivity index (χ4n) is 1.63. The summed E-state index contributed by atoms with van der Waals surface area (Å²) >= 11 is 0. The molecule has 0 unspecified atom stereocenters. The Kier molecular flexibility index (Phi) is 3.74. The highest BCUT2D eigenvalue weighted by molar-refractivity contribution is 6.04. The summed E-state index contributed by atoms with van der Waals surface area (Å²) in [6, 6.07) is 4.39. The van der Waals surface area contributed by atoms with E-state index in [1.54, 1.807) is 0 Å². The predicted molar refractivity (Wildman–Crippen MR) is 65.4 cm³/mol. The third-order valence-electron chi connectivity index (χ3n) is 2.67. The summed E-state index contributed by atoms with van der Waals surface area (Å²) in [6.45, 7) is 1.45. The lowest BCUT2D eigenvalue weighted by atomic mass is 10.1. The van der Waals surface area contributed by atoms with Gasteiger partial charge in [-0.25, -0.2) is 17.6 Å². The molecule has 0 aliphatic carbocycles. The molecule has 0 spiro atoms. The lowest BCUT2D eigenvalue weighted by Crippen LogP contribution is -2.15. The second-order valence-electron chi connectivity index (χ2n) is 4.16.